The normalized spacial score (nSPS) is 26.4. The van der Waals surface area contributed by atoms with Crippen LogP contribution in [0, 0.1) is 5.92 Å². The van der Waals surface area contributed by atoms with Gasteiger partial charge in [0.05, 0.1) is 0 Å². The second-order valence-corrected chi connectivity index (χ2v) is 4.67. The number of nitrogens with zero attached hydrogens (tertiary/aromatic N) is 1. The fourth-order valence-electron chi connectivity index (χ4n) is 2.80. The van der Waals surface area contributed by atoms with Gasteiger partial charge >= 0.3 is 0 Å². The summed E-state index contributed by atoms with van der Waals surface area (Å²) in [7, 11) is 0. The Morgan fingerprint density at radius 3 is 2.47 bits per heavy atom. The summed E-state index contributed by atoms with van der Waals surface area (Å²) in [5.41, 5.74) is 0. The molecule has 0 aromatic heterocycles. The van der Waals surface area contributed by atoms with E-state index in [0.717, 1.165) is 18.5 Å². The van der Waals surface area contributed by atoms with Crippen LogP contribution in [0.1, 0.15) is 46.5 Å². The lowest BCUT2D eigenvalue weighted by molar-refractivity contribution is 0.261. The summed E-state index contributed by atoms with van der Waals surface area (Å²) >= 11 is 0. The Balaban J connectivity index is 2.24. The van der Waals surface area contributed by atoms with E-state index < -0.39 is 0 Å². The van der Waals surface area contributed by atoms with Crippen LogP contribution in [0.5, 0.6) is 0 Å². The van der Waals surface area contributed by atoms with Crippen LogP contribution in [-0.4, -0.2) is 37.1 Å². The molecule has 0 aliphatic heterocycles. The third kappa shape index (κ3) is 4.12. The molecule has 1 fully saturated rings. The largest absolute Gasteiger partial charge is 0.314 e. The molecule has 0 spiro atoms. The first kappa shape index (κ1) is 13.0. The van der Waals surface area contributed by atoms with Crippen molar-refractivity contribution in [1.29, 1.82) is 0 Å². The molecule has 1 rings (SSSR count). The van der Waals surface area contributed by atoms with E-state index in [9.17, 15) is 0 Å². The summed E-state index contributed by atoms with van der Waals surface area (Å²) in [4.78, 5) is 2.54. The van der Waals surface area contributed by atoms with Crippen molar-refractivity contribution in [3.05, 3.63) is 0 Å². The van der Waals surface area contributed by atoms with Gasteiger partial charge in [-0.15, -0.1) is 0 Å². The lowest BCUT2D eigenvalue weighted by atomic mass is 9.99. The highest BCUT2D eigenvalue weighted by Crippen LogP contribution is 2.28. The Labute approximate surface area is 95.4 Å². The van der Waals surface area contributed by atoms with E-state index in [1.165, 1.54) is 45.3 Å². The molecule has 15 heavy (non-hydrogen) atoms. The summed E-state index contributed by atoms with van der Waals surface area (Å²) in [5.74, 6) is 0.936. The molecule has 90 valence electrons. The lowest BCUT2D eigenvalue weighted by Crippen LogP contribution is -2.34. The SMILES string of the molecule is CCNC1CCCC1CCN(CC)CC. The summed E-state index contributed by atoms with van der Waals surface area (Å²) in [6, 6.07) is 0.811. The molecule has 0 saturated heterocycles. The molecule has 1 aliphatic carbocycles. The Morgan fingerprint density at radius 1 is 1.13 bits per heavy atom. The van der Waals surface area contributed by atoms with Crippen LogP contribution in [0.4, 0.5) is 0 Å². The van der Waals surface area contributed by atoms with E-state index in [0.29, 0.717) is 0 Å². The van der Waals surface area contributed by atoms with Gasteiger partial charge in [-0.1, -0.05) is 27.2 Å². The Morgan fingerprint density at radius 2 is 1.87 bits per heavy atom. The van der Waals surface area contributed by atoms with E-state index in [-0.39, 0.29) is 0 Å². The third-order valence-corrected chi connectivity index (χ3v) is 3.84. The van der Waals surface area contributed by atoms with Crippen LogP contribution in [0.25, 0.3) is 0 Å². The van der Waals surface area contributed by atoms with E-state index >= 15 is 0 Å². The van der Waals surface area contributed by atoms with Crippen LogP contribution >= 0.6 is 0 Å². The Kier molecular flexibility index (Phi) is 6.26. The standard InChI is InChI=1S/C13H28N2/c1-4-14-13-9-7-8-12(13)10-11-15(5-2)6-3/h12-14H,4-11H2,1-3H3. The first-order valence-electron chi connectivity index (χ1n) is 6.77. The fraction of sp³-hybridized carbons (Fsp3) is 1.00. The van der Waals surface area contributed by atoms with E-state index in [4.69, 9.17) is 0 Å². The van der Waals surface area contributed by atoms with Crippen LogP contribution < -0.4 is 5.32 Å². The van der Waals surface area contributed by atoms with Crippen molar-refractivity contribution in [2.24, 2.45) is 5.92 Å². The minimum Gasteiger partial charge on any atom is -0.314 e. The Hall–Kier alpha value is -0.0800. The lowest BCUT2D eigenvalue weighted by Gasteiger charge is -2.24. The van der Waals surface area contributed by atoms with Gasteiger partial charge in [-0.05, 0) is 51.4 Å². The van der Waals surface area contributed by atoms with Crippen LogP contribution in [0.15, 0.2) is 0 Å². The zero-order valence-electron chi connectivity index (χ0n) is 10.8. The molecular formula is C13H28N2. The van der Waals surface area contributed by atoms with Gasteiger partial charge in [-0.25, -0.2) is 0 Å². The van der Waals surface area contributed by atoms with Crippen LogP contribution in [0.3, 0.4) is 0 Å². The molecule has 0 bridgehead atoms. The van der Waals surface area contributed by atoms with Crippen molar-refractivity contribution < 1.29 is 0 Å². The monoisotopic (exact) mass is 212 g/mol. The van der Waals surface area contributed by atoms with Gasteiger partial charge in [0.25, 0.3) is 0 Å². The highest BCUT2D eigenvalue weighted by Gasteiger charge is 2.26. The molecule has 0 heterocycles. The van der Waals surface area contributed by atoms with Crippen molar-refractivity contribution in [2.75, 3.05) is 26.2 Å². The predicted octanol–water partition coefficient (Wildman–Crippen LogP) is 2.50. The molecular weight excluding hydrogens is 184 g/mol. The third-order valence-electron chi connectivity index (χ3n) is 3.84. The van der Waals surface area contributed by atoms with Crippen molar-refractivity contribution in [3.8, 4) is 0 Å². The molecule has 1 N–H and O–H groups in total. The van der Waals surface area contributed by atoms with Gasteiger partial charge in [-0.3, -0.25) is 0 Å². The van der Waals surface area contributed by atoms with Gasteiger partial charge < -0.3 is 10.2 Å². The van der Waals surface area contributed by atoms with Crippen LogP contribution in [-0.2, 0) is 0 Å². The first-order valence-corrected chi connectivity index (χ1v) is 6.77. The maximum Gasteiger partial charge on any atom is 0.00956 e. The number of rotatable bonds is 7. The zero-order valence-corrected chi connectivity index (χ0v) is 10.8. The highest BCUT2D eigenvalue weighted by atomic mass is 15.1. The van der Waals surface area contributed by atoms with Gasteiger partial charge in [0.2, 0.25) is 0 Å². The van der Waals surface area contributed by atoms with Crippen molar-refractivity contribution in [2.45, 2.75) is 52.5 Å². The van der Waals surface area contributed by atoms with Gasteiger partial charge in [-0.2, -0.15) is 0 Å². The maximum atomic E-state index is 3.64. The van der Waals surface area contributed by atoms with E-state index in [2.05, 4.69) is 31.0 Å². The molecule has 0 radical (unpaired) electrons. The molecule has 1 saturated carbocycles. The van der Waals surface area contributed by atoms with Crippen LogP contribution in [0.2, 0.25) is 0 Å². The predicted molar refractivity (Wildman–Crippen MR) is 67.2 cm³/mol. The smallest absolute Gasteiger partial charge is 0.00956 e. The quantitative estimate of drug-likeness (QED) is 0.697. The van der Waals surface area contributed by atoms with Gasteiger partial charge in [0, 0.05) is 6.04 Å². The first-order chi connectivity index (χ1) is 7.31. The number of hydrogen-bond donors (Lipinski definition) is 1. The van der Waals surface area contributed by atoms with Crippen molar-refractivity contribution in [1.82, 2.24) is 10.2 Å². The highest BCUT2D eigenvalue weighted by molar-refractivity contribution is 4.83. The Bertz CT molecular complexity index is 155. The average molecular weight is 212 g/mol. The minimum absolute atomic E-state index is 0.811. The summed E-state index contributed by atoms with van der Waals surface area (Å²) in [6.45, 7) is 11.6. The minimum atomic E-state index is 0.811. The zero-order chi connectivity index (χ0) is 11.1. The molecule has 2 unspecified atom stereocenters. The molecule has 0 amide bonds. The molecule has 2 atom stereocenters. The van der Waals surface area contributed by atoms with E-state index in [1.807, 2.05) is 0 Å². The number of nitrogens with one attached hydrogen (secondary N) is 1. The van der Waals surface area contributed by atoms with Gasteiger partial charge in [0.1, 0.15) is 0 Å². The second kappa shape index (κ2) is 7.24. The molecule has 2 nitrogen and oxygen atoms in total. The maximum absolute atomic E-state index is 3.64. The summed E-state index contributed by atoms with van der Waals surface area (Å²) < 4.78 is 0. The van der Waals surface area contributed by atoms with E-state index in [1.54, 1.807) is 0 Å². The summed E-state index contributed by atoms with van der Waals surface area (Å²) in [6.07, 6.45) is 5.66. The van der Waals surface area contributed by atoms with Crippen molar-refractivity contribution in [3.63, 3.8) is 0 Å². The van der Waals surface area contributed by atoms with Gasteiger partial charge in [0.15, 0.2) is 0 Å². The fourth-order valence-corrected chi connectivity index (χ4v) is 2.80. The van der Waals surface area contributed by atoms with Crippen molar-refractivity contribution >= 4 is 0 Å². The topological polar surface area (TPSA) is 15.3 Å². The molecule has 0 aromatic carbocycles. The molecule has 0 aromatic rings. The summed E-state index contributed by atoms with van der Waals surface area (Å²) in [5, 5.41) is 3.64. The molecule has 1 aliphatic rings. The molecule has 2 heteroatoms. The number of hydrogen-bond acceptors (Lipinski definition) is 2. The average Bonchev–Trinajstić information content (AvgIpc) is 2.68. The second-order valence-electron chi connectivity index (χ2n) is 4.67.